The molecule has 110 valence electrons. The van der Waals surface area contributed by atoms with Gasteiger partial charge < -0.3 is 4.98 Å². The quantitative estimate of drug-likeness (QED) is 0.701. The summed E-state index contributed by atoms with van der Waals surface area (Å²) in [5.41, 5.74) is 2.61. The lowest BCUT2D eigenvalue weighted by molar-refractivity contribution is 0.0953. The van der Waals surface area contributed by atoms with Crippen molar-refractivity contribution in [3.8, 4) is 0 Å². The third kappa shape index (κ3) is 2.40. The third-order valence-electron chi connectivity index (χ3n) is 3.48. The van der Waals surface area contributed by atoms with Gasteiger partial charge in [-0.3, -0.25) is 9.59 Å². The highest BCUT2D eigenvalue weighted by Gasteiger charge is 2.15. The molecular formula is C17H14N2O2S. The summed E-state index contributed by atoms with van der Waals surface area (Å²) < 4.78 is 1.12. The molecule has 0 aliphatic carbocycles. The summed E-state index contributed by atoms with van der Waals surface area (Å²) >= 11 is 5.20. The van der Waals surface area contributed by atoms with Gasteiger partial charge in [-0.25, -0.2) is 4.57 Å². The fraction of sp³-hybridized carbons (Fsp3) is 0.118. The lowest BCUT2D eigenvalue weighted by Gasteiger charge is -2.08. The average molecular weight is 310 g/mol. The maximum Gasteiger partial charge on any atom is 0.269 e. The highest BCUT2D eigenvalue weighted by molar-refractivity contribution is 7.71. The van der Waals surface area contributed by atoms with Crippen LogP contribution in [0.5, 0.6) is 0 Å². The van der Waals surface area contributed by atoms with E-state index < -0.39 is 11.5 Å². The Hall–Kier alpha value is -2.53. The molecule has 3 rings (SSSR count). The molecule has 1 aromatic heterocycles. The van der Waals surface area contributed by atoms with Crippen molar-refractivity contribution in [1.82, 2.24) is 9.55 Å². The maximum absolute atomic E-state index is 12.7. The molecule has 0 saturated carbocycles. The Morgan fingerprint density at radius 2 is 1.73 bits per heavy atom. The number of carbonyl (C=O) groups is 1. The van der Waals surface area contributed by atoms with E-state index in [1.54, 1.807) is 30.3 Å². The van der Waals surface area contributed by atoms with Crippen molar-refractivity contribution in [2.75, 3.05) is 0 Å². The number of rotatable bonds is 1. The molecule has 0 aliphatic heterocycles. The van der Waals surface area contributed by atoms with Crippen molar-refractivity contribution in [2.45, 2.75) is 13.8 Å². The van der Waals surface area contributed by atoms with Crippen LogP contribution in [0.3, 0.4) is 0 Å². The summed E-state index contributed by atoms with van der Waals surface area (Å²) in [4.78, 5) is 28.2. The molecule has 4 nitrogen and oxygen atoms in total. The third-order valence-corrected chi connectivity index (χ3v) is 3.76. The minimum Gasteiger partial charge on any atom is -0.331 e. The summed E-state index contributed by atoms with van der Waals surface area (Å²) in [7, 11) is 0. The fourth-order valence-corrected chi connectivity index (χ4v) is 2.85. The standard InChI is InChI=1S/C17H14N2O2S/c1-10-7-11(2)9-12(8-10)15(20)19-16(21)13-5-3-4-6-14(13)18-17(19)22/h3-9H,1-2H3,(H,18,22). The Bertz CT molecular complexity index is 995. The van der Waals surface area contributed by atoms with Gasteiger partial charge in [0.2, 0.25) is 0 Å². The van der Waals surface area contributed by atoms with Crippen LogP contribution in [0.4, 0.5) is 0 Å². The van der Waals surface area contributed by atoms with Crippen LogP contribution < -0.4 is 5.56 Å². The number of H-pyrrole nitrogens is 1. The van der Waals surface area contributed by atoms with E-state index in [0.29, 0.717) is 16.5 Å². The van der Waals surface area contributed by atoms with Gasteiger partial charge in [-0.2, -0.15) is 0 Å². The maximum atomic E-state index is 12.7. The highest BCUT2D eigenvalue weighted by Crippen LogP contribution is 2.12. The molecule has 22 heavy (non-hydrogen) atoms. The summed E-state index contributed by atoms with van der Waals surface area (Å²) in [5, 5.41) is 0.439. The molecule has 0 fully saturated rings. The van der Waals surface area contributed by atoms with E-state index in [0.717, 1.165) is 15.7 Å². The second-order valence-corrected chi connectivity index (χ2v) is 5.68. The first kappa shape index (κ1) is 14.4. The van der Waals surface area contributed by atoms with E-state index in [9.17, 15) is 9.59 Å². The topological polar surface area (TPSA) is 54.9 Å². The molecule has 0 unspecified atom stereocenters. The van der Waals surface area contributed by atoms with Crippen molar-refractivity contribution in [3.05, 3.63) is 74.3 Å². The average Bonchev–Trinajstić information content (AvgIpc) is 2.46. The Balaban J connectivity index is 2.28. The molecule has 0 atom stereocenters. The summed E-state index contributed by atoms with van der Waals surface area (Å²) in [6, 6.07) is 12.5. The first-order chi connectivity index (χ1) is 10.5. The molecule has 2 aromatic carbocycles. The molecule has 0 radical (unpaired) electrons. The van der Waals surface area contributed by atoms with E-state index in [1.165, 1.54) is 0 Å². The smallest absolute Gasteiger partial charge is 0.269 e. The van der Waals surface area contributed by atoms with Crippen LogP contribution in [-0.2, 0) is 0 Å². The van der Waals surface area contributed by atoms with E-state index in [2.05, 4.69) is 4.98 Å². The lowest BCUT2D eigenvalue weighted by atomic mass is 10.1. The van der Waals surface area contributed by atoms with Crippen molar-refractivity contribution in [3.63, 3.8) is 0 Å². The van der Waals surface area contributed by atoms with Gasteiger partial charge in [0.05, 0.1) is 10.9 Å². The Morgan fingerprint density at radius 1 is 1.09 bits per heavy atom. The zero-order chi connectivity index (χ0) is 15.9. The van der Waals surface area contributed by atoms with Crippen LogP contribution >= 0.6 is 12.2 Å². The van der Waals surface area contributed by atoms with E-state index in [4.69, 9.17) is 12.2 Å². The Kier molecular flexibility index (Phi) is 3.50. The van der Waals surface area contributed by atoms with E-state index >= 15 is 0 Å². The largest absolute Gasteiger partial charge is 0.331 e. The number of para-hydroxylation sites is 1. The predicted molar refractivity (Wildman–Crippen MR) is 89.0 cm³/mol. The number of nitrogens with one attached hydrogen (secondary N) is 1. The number of benzene rings is 2. The molecule has 5 heteroatoms. The van der Waals surface area contributed by atoms with E-state index in [-0.39, 0.29) is 4.77 Å². The molecule has 1 N–H and O–H groups in total. The molecule has 0 bridgehead atoms. The van der Waals surface area contributed by atoms with Crippen molar-refractivity contribution >= 4 is 29.0 Å². The second kappa shape index (κ2) is 5.35. The lowest BCUT2D eigenvalue weighted by Crippen LogP contribution is -2.29. The zero-order valence-electron chi connectivity index (χ0n) is 12.2. The van der Waals surface area contributed by atoms with Crippen molar-refractivity contribution < 1.29 is 4.79 Å². The monoisotopic (exact) mass is 310 g/mol. The number of hydrogen-bond donors (Lipinski definition) is 1. The minimum atomic E-state index is -0.413. The molecule has 3 aromatic rings. The van der Waals surface area contributed by atoms with Gasteiger partial charge in [-0.1, -0.05) is 29.3 Å². The molecular weight excluding hydrogens is 296 g/mol. The van der Waals surface area contributed by atoms with Crippen LogP contribution in [0.15, 0.2) is 47.3 Å². The van der Waals surface area contributed by atoms with Gasteiger partial charge in [-0.15, -0.1) is 0 Å². The van der Waals surface area contributed by atoms with Crippen molar-refractivity contribution in [1.29, 1.82) is 0 Å². The predicted octanol–water partition coefficient (Wildman–Crippen LogP) is 3.36. The van der Waals surface area contributed by atoms with Gasteiger partial charge in [0.15, 0.2) is 4.77 Å². The second-order valence-electron chi connectivity index (χ2n) is 5.30. The first-order valence-electron chi connectivity index (χ1n) is 6.84. The Morgan fingerprint density at radius 3 is 2.41 bits per heavy atom. The van der Waals surface area contributed by atoms with Gasteiger partial charge in [0, 0.05) is 5.56 Å². The van der Waals surface area contributed by atoms with Gasteiger partial charge >= 0.3 is 0 Å². The first-order valence-corrected chi connectivity index (χ1v) is 7.25. The number of aromatic amines is 1. The number of aryl methyl sites for hydroxylation is 2. The van der Waals surface area contributed by atoms with Crippen molar-refractivity contribution in [2.24, 2.45) is 0 Å². The highest BCUT2D eigenvalue weighted by atomic mass is 32.1. The summed E-state index contributed by atoms with van der Waals surface area (Å²) in [6.07, 6.45) is 0. The minimum absolute atomic E-state index is 0.104. The SMILES string of the molecule is Cc1cc(C)cc(C(=O)n2c(=S)[nH]c3ccccc3c2=O)c1. The molecule has 0 amide bonds. The van der Waals surface area contributed by atoms with Crippen LogP contribution in [0, 0.1) is 18.6 Å². The number of aromatic nitrogens is 2. The molecule has 0 saturated heterocycles. The molecule has 1 heterocycles. The normalized spacial score (nSPS) is 10.8. The number of hydrogen-bond acceptors (Lipinski definition) is 3. The number of carbonyl (C=O) groups excluding carboxylic acids is 1. The Labute approximate surface area is 132 Å². The van der Waals surface area contributed by atoms with E-state index in [1.807, 2.05) is 26.0 Å². The fourth-order valence-electron chi connectivity index (χ4n) is 2.57. The van der Waals surface area contributed by atoms with Crippen LogP contribution in [-0.4, -0.2) is 15.5 Å². The van der Waals surface area contributed by atoms with Crippen LogP contribution in [0.1, 0.15) is 21.5 Å². The van der Waals surface area contributed by atoms with Crippen LogP contribution in [0.25, 0.3) is 10.9 Å². The summed E-state index contributed by atoms with van der Waals surface area (Å²) in [6.45, 7) is 3.82. The molecule has 0 aliphatic rings. The summed E-state index contributed by atoms with van der Waals surface area (Å²) in [5.74, 6) is -0.413. The van der Waals surface area contributed by atoms with Gasteiger partial charge in [-0.05, 0) is 50.3 Å². The zero-order valence-corrected chi connectivity index (χ0v) is 13.0. The van der Waals surface area contributed by atoms with Gasteiger partial charge in [0.1, 0.15) is 0 Å². The number of nitrogens with zero attached hydrogens (tertiary/aromatic N) is 1. The van der Waals surface area contributed by atoms with Crippen LogP contribution in [0.2, 0.25) is 0 Å². The van der Waals surface area contributed by atoms with Gasteiger partial charge in [0.25, 0.3) is 11.5 Å². The number of fused-ring (bicyclic) bond motifs is 1. The molecule has 0 spiro atoms.